The molecule has 1 saturated heterocycles. The zero-order valence-corrected chi connectivity index (χ0v) is 23.7. The molecule has 3 heterocycles. The molecule has 0 aliphatic carbocycles. The molecule has 3 aromatic carbocycles. The van der Waals surface area contributed by atoms with Crippen molar-refractivity contribution in [1.82, 2.24) is 4.98 Å². The van der Waals surface area contributed by atoms with Crippen molar-refractivity contribution in [3.8, 4) is 5.75 Å². The predicted molar refractivity (Wildman–Crippen MR) is 152 cm³/mol. The Morgan fingerprint density at radius 2 is 1.74 bits per heavy atom. The SMILES string of the molecule is Cc1ccccc1COc1ccc([N+](=O)[O-])cc1C1c2sc(=O)[nH]c2SC2C(=O)N(c3ccccc3C(F)(F)F)C(=O)C21. The van der Waals surface area contributed by atoms with E-state index in [2.05, 4.69) is 4.98 Å². The number of nitro benzene ring substituents is 1. The molecule has 1 aromatic heterocycles. The van der Waals surface area contributed by atoms with Gasteiger partial charge in [0.1, 0.15) is 17.6 Å². The number of H-pyrrole nitrogens is 1. The Balaban J connectivity index is 1.50. The van der Waals surface area contributed by atoms with E-state index in [0.717, 1.165) is 52.4 Å². The van der Waals surface area contributed by atoms with Crippen molar-refractivity contribution < 1.29 is 32.4 Å². The molecule has 0 radical (unpaired) electrons. The van der Waals surface area contributed by atoms with E-state index in [1.165, 1.54) is 24.3 Å². The topological polar surface area (TPSA) is 123 Å². The monoisotopic (exact) mass is 627 g/mol. The van der Waals surface area contributed by atoms with Gasteiger partial charge in [-0.3, -0.25) is 24.5 Å². The second-order valence-electron chi connectivity index (χ2n) is 9.97. The number of aromatic nitrogens is 1. The first kappa shape index (κ1) is 28.7. The Hall–Kier alpha value is -4.43. The molecule has 1 fully saturated rings. The van der Waals surface area contributed by atoms with E-state index in [1.54, 1.807) is 0 Å². The second-order valence-corrected chi connectivity index (χ2v) is 12.1. The standard InChI is InChI=1S/C29H20F3N3O6S2/c1-14-6-2-3-7-15(14)13-41-20-11-10-16(35(39)40)12-17(20)21-22-24(42-25-23(21)43-28(38)33-25)27(37)34(26(22)36)19-9-5-4-8-18(19)29(30,31)32/h2-12,21-22,24H,13H2,1H3,(H,33,38). The van der Waals surface area contributed by atoms with Crippen molar-refractivity contribution in [3.63, 3.8) is 0 Å². The summed E-state index contributed by atoms with van der Waals surface area (Å²) in [6, 6.07) is 15.6. The maximum absolute atomic E-state index is 14.1. The van der Waals surface area contributed by atoms with Crippen LogP contribution in [0.15, 0.2) is 76.6 Å². The molecule has 1 N–H and O–H groups in total. The number of fused-ring (bicyclic) bond motifs is 2. The Kier molecular flexibility index (Phi) is 7.13. The van der Waals surface area contributed by atoms with Crippen LogP contribution in [0.4, 0.5) is 24.5 Å². The van der Waals surface area contributed by atoms with Crippen LogP contribution in [0.25, 0.3) is 0 Å². The fourth-order valence-corrected chi connectivity index (χ4v) is 7.96. The normalized spacial score (nSPS) is 19.7. The van der Waals surface area contributed by atoms with Crippen LogP contribution in [0.3, 0.4) is 0 Å². The van der Waals surface area contributed by atoms with Crippen molar-refractivity contribution in [2.24, 2.45) is 5.92 Å². The number of halogens is 3. The summed E-state index contributed by atoms with van der Waals surface area (Å²) in [5.41, 5.74) is -0.154. The van der Waals surface area contributed by atoms with E-state index in [-0.39, 0.29) is 28.6 Å². The number of alkyl halides is 3. The molecule has 0 saturated carbocycles. The van der Waals surface area contributed by atoms with Gasteiger partial charge in [-0.05, 0) is 36.2 Å². The van der Waals surface area contributed by atoms with Crippen LogP contribution in [0, 0.1) is 23.0 Å². The molecule has 2 amide bonds. The number of benzene rings is 3. The molecule has 0 spiro atoms. The van der Waals surface area contributed by atoms with E-state index < -0.39 is 56.1 Å². The van der Waals surface area contributed by atoms with Crippen molar-refractivity contribution in [2.45, 2.75) is 35.9 Å². The average molecular weight is 628 g/mol. The van der Waals surface area contributed by atoms with Gasteiger partial charge in [-0.1, -0.05) is 59.5 Å². The summed E-state index contributed by atoms with van der Waals surface area (Å²) in [7, 11) is 0. The smallest absolute Gasteiger partial charge is 0.418 e. The highest BCUT2D eigenvalue weighted by Crippen LogP contribution is 2.55. The lowest BCUT2D eigenvalue weighted by atomic mass is 9.82. The van der Waals surface area contributed by atoms with Crippen LogP contribution < -0.4 is 14.5 Å². The van der Waals surface area contributed by atoms with Crippen LogP contribution in [0.2, 0.25) is 0 Å². The van der Waals surface area contributed by atoms with Gasteiger partial charge >= 0.3 is 11.0 Å². The number of amides is 2. The number of non-ortho nitro benzene ring substituents is 1. The molecule has 2 aliphatic rings. The number of ether oxygens (including phenoxy) is 1. The Morgan fingerprint density at radius 1 is 1.02 bits per heavy atom. The third-order valence-electron chi connectivity index (χ3n) is 7.46. The summed E-state index contributed by atoms with van der Waals surface area (Å²) < 4.78 is 47.9. The lowest BCUT2D eigenvalue weighted by Gasteiger charge is -2.30. The van der Waals surface area contributed by atoms with Gasteiger partial charge in [0.05, 0.1) is 27.1 Å². The Labute approximate surface area is 249 Å². The van der Waals surface area contributed by atoms with Crippen LogP contribution in [-0.2, 0) is 22.4 Å². The van der Waals surface area contributed by atoms with Crippen molar-refractivity contribution in [1.29, 1.82) is 0 Å². The van der Waals surface area contributed by atoms with Gasteiger partial charge in [0.2, 0.25) is 11.8 Å². The fraction of sp³-hybridized carbons (Fsp3) is 0.207. The minimum absolute atomic E-state index is 0.0707. The molecule has 220 valence electrons. The van der Waals surface area contributed by atoms with E-state index in [1.807, 2.05) is 31.2 Å². The first-order valence-electron chi connectivity index (χ1n) is 12.8. The number of para-hydroxylation sites is 1. The quantitative estimate of drug-likeness (QED) is 0.157. The average Bonchev–Trinajstić information content (AvgIpc) is 3.46. The van der Waals surface area contributed by atoms with Crippen LogP contribution >= 0.6 is 23.1 Å². The number of hydrogen-bond donors (Lipinski definition) is 1. The number of carbonyl (C=O) groups excluding carboxylic acids is 2. The molecule has 9 nitrogen and oxygen atoms in total. The van der Waals surface area contributed by atoms with E-state index in [4.69, 9.17) is 4.74 Å². The summed E-state index contributed by atoms with van der Waals surface area (Å²) >= 11 is 1.66. The number of anilines is 1. The maximum Gasteiger partial charge on any atom is 0.418 e. The number of carbonyl (C=O) groups is 2. The maximum atomic E-state index is 14.1. The van der Waals surface area contributed by atoms with Crippen molar-refractivity contribution in [3.05, 3.63) is 114 Å². The number of thioether (sulfide) groups is 1. The molecule has 43 heavy (non-hydrogen) atoms. The number of nitrogens with one attached hydrogen (secondary N) is 1. The highest BCUT2D eigenvalue weighted by molar-refractivity contribution is 8.00. The highest BCUT2D eigenvalue weighted by Gasteiger charge is 2.58. The van der Waals surface area contributed by atoms with Gasteiger partial charge in [-0.2, -0.15) is 13.2 Å². The number of rotatable bonds is 6. The lowest BCUT2D eigenvalue weighted by molar-refractivity contribution is -0.385. The van der Waals surface area contributed by atoms with Gasteiger partial charge in [-0.25, -0.2) is 4.90 Å². The summed E-state index contributed by atoms with van der Waals surface area (Å²) in [5.74, 6) is -4.00. The van der Waals surface area contributed by atoms with E-state index in [9.17, 15) is 37.7 Å². The second kappa shape index (κ2) is 10.7. The summed E-state index contributed by atoms with van der Waals surface area (Å²) in [4.78, 5) is 54.5. The number of nitrogens with zero attached hydrogens (tertiary/aromatic N) is 2. The highest BCUT2D eigenvalue weighted by atomic mass is 32.2. The van der Waals surface area contributed by atoms with E-state index in [0.29, 0.717) is 9.78 Å². The number of thiazole rings is 1. The first-order valence-corrected chi connectivity index (χ1v) is 14.5. The molecule has 4 aromatic rings. The first-order chi connectivity index (χ1) is 20.5. The molecular formula is C29H20F3N3O6S2. The molecule has 3 atom stereocenters. The van der Waals surface area contributed by atoms with Gasteiger partial charge in [-0.15, -0.1) is 0 Å². The molecule has 6 rings (SSSR count). The number of nitro groups is 1. The third-order valence-corrected chi connectivity index (χ3v) is 9.86. The molecule has 0 bridgehead atoms. The Morgan fingerprint density at radius 3 is 2.47 bits per heavy atom. The van der Waals surface area contributed by atoms with Crippen LogP contribution in [0.5, 0.6) is 5.75 Å². The Bertz CT molecular complexity index is 1850. The van der Waals surface area contributed by atoms with Crippen LogP contribution in [0.1, 0.15) is 33.0 Å². The number of imide groups is 1. The summed E-state index contributed by atoms with van der Waals surface area (Å²) in [5, 5.41) is 10.9. The van der Waals surface area contributed by atoms with Crippen molar-refractivity contribution >= 4 is 46.3 Å². The minimum atomic E-state index is -4.85. The lowest BCUT2D eigenvalue weighted by Crippen LogP contribution is -2.33. The largest absolute Gasteiger partial charge is 0.489 e. The molecular weight excluding hydrogens is 607 g/mol. The number of aromatic amines is 1. The summed E-state index contributed by atoms with van der Waals surface area (Å²) in [6.45, 7) is 1.96. The fourth-order valence-electron chi connectivity index (χ4n) is 5.45. The van der Waals surface area contributed by atoms with Crippen LogP contribution in [-0.4, -0.2) is 27.0 Å². The summed E-state index contributed by atoms with van der Waals surface area (Å²) in [6.07, 6.45) is -4.85. The van der Waals surface area contributed by atoms with Gasteiger partial charge in [0.25, 0.3) is 5.69 Å². The third kappa shape index (κ3) is 4.99. The van der Waals surface area contributed by atoms with E-state index >= 15 is 0 Å². The van der Waals surface area contributed by atoms with Gasteiger partial charge in [0, 0.05) is 28.5 Å². The molecule has 14 heteroatoms. The molecule has 3 unspecified atom stereocenters. The zero-order chi connectivity index (χ0) is 30.6. The number of aryl methyl sites for hydroxylation is 1. The van der Waals surface area contributed by atoms with Gasteiger partial charge in [0.15, 0.2) is 0 Å². The predicted octanol–water partition coefficient (Wildman–Crippen LogP) is 6.05. The zero-order valence-electron chi connectivity index (χ0n) is 22.1. The van der Waals surface area contributed by atoms with Crippen molar-refractivity contribution in [2.75, 3.05) is 4.90 Å². The minimum Gasteiger partial charge on any atom is -0.489 e. The number of hydrogen-bond acceptors (Lipinski definition) is 8. The van der Waals surface area contributed by atoms with Gasteiger partial charge < -0.3 is 9.72 Å². The molecule has 2 aliphatic heterocycles.